The molecule has 0 aliphatic carbocycles. The number of halogens is 2. The third kappa shape index (κ3) is 3.13. The van der Waals surface area contributed by atoms with E-state index in [0.29, 0.717) is 38.5 Å². The first-order valence-electron chi connectivity index (χ1n) is 9.89. The number of rotatable bonds is 2. The number of anilines is 2. The number of urea groups is 1. The van der Waals surface area contributed by atoms with Crippen LogP contribution in [0, 0.1) is 17.7 Å². The molecule has 158 valence electrons. The molecular formula is C20H21ClFN5O3. The largest absolute Gasteiger partial charge is 0.380 e. The Labute approximate surface area is 177 Å². The number of ether oxygens (including phenoxy) is 1. The zero-order valence-electron chi connectivity index (χ0n) is 16.3. The van der Waals surface area contributed by atoms with Crippen LogP contribution >= 0.6 is 11.6 Å². The standard InChI is InChI=1S/C20H21ClFN5O3/c1-11-6-27-18(8-25(11)20(29)24-13-2-3-16(22)15(21)4-13)17(5-23-27)26-7-12-9-30-10-14(12)19(26)28/h2-5,11-12,14H,6-10H2,1H3,(H,24,29)/t11-,12?,14?/m0/s1. The van der Waals surface area contributed by atoms with E-state index in [4.69, 9.17) is 16.3 Å². The molecular weight excluding hydrogens is 413 g/mol. The Morgan fingerprint density at radius 2 is 2.17 bits per heavy atom. The van der Waals surface area contributed by atoms with Gasteiger partial charge in [0.15, 0.2) is 0 Å². The number of carbonyl (C=O) groups is 2. The summed E-state index contributed by atoms with van der Waals surface area (Å²) < 4.78 is 20.7. The Bertz CT molecular complexity index is 1030. The molecule has 2 fully saturated rings. The highest BCUT2D eigenvalue weighted by molar-refractivity contribution is 6.31. The van der Waals surface area contributed by atoms with E-state index in [1.54, 1.807) is 16.0 Å². The zero-order valence-corrected chi connectivity index (χ0v) is 17.1. The van der Waals surface area contributed by atoms with Crippen LogP contribution in [-0.2, 0) is 22.6 Å². The first-order valence-corrected chi connectivity index (χ1v) is 10.3. The summed E-state index contributed by atoms with van der Waals surface area (Å²) in [5, 5.41) is 7.17. The van der Waals surface area contributed by atoms with Crippen LogP contribution < -0.4 is 10.2 Å². The van der Waals surface area contributed by atoms with Crippen molar-refractivity contribution in [3.63, 3.8) is 0 Å². The van der Waals surface area contributed by atoms with E-state index in [9.17, 15) is 14.0 Å². The van der Waals surface area contributed by atoms with Gasteiger partial charge in [0, 0.05) is 18.2 Å². The third-order valence-electron chi connectivity index (χ3n) is 6.14. The number of fused-ring (bicyclic) bond motifs is 2. The minimum Gasteiger partial charge on any atom is -0.380 e. The highest BCUT2D eigenvalue weighted by atomic mass is 35.5. The van der Waals surface area contributed by atoms with Crippen molar-refractivity contribution >= 4 is 34.9 Å². The monoisotopic (exact) mass is 433 g/mol. The molecule has 1 aromatic carbocycles. The highest BCUT2D eigenvalue weighted by Gasteiger charge is 2.46. The number of hydrogen-bond donors (Lipinski definition) is 1. The number of benzene rings is 1. The Kier molecular flexibility index (Phi) is 4.67. The summed E-state index contributed by atoms with van der Waals surface area (Å²) in [6.07, 6.45) is 1.71. The maximum absolute atomic E-state index is 13.4. The van der Waals surface area contributed by atoms with E-state index >= 15 is 0 Å². The second-order valence-electron chi connectivity index (χ2n) is 8.05. The molecule has 1 N–H and O–H groups in total. The van der Waals surface area contributed by atoms with Gasteiger partial charge in [-0.1, -0.05) is 11.6 Å². The molecule has 2 saturated heterocycles. The molecule has 1 aromatic heterocycles. The molecule has 0 bridgehead atoms. The molecule has 8 nitrogen and oxygen atoms in total. The van der Waals surface area contributed by atoms with E-state index in [0.717, 1.165) is 11.4 Å². The van der Waals surface area contributed by atoms with Gasteiger partial charge in [0.05, 0.1) is 60.9 Å². The molecule has 0 radical (unpaired) electrons. The van der Waals surface area contributed by atoms with Gasteiger partial charge in [0.25, 0.3) is 0 Å². The lowest BCUT2D eigenvalue weighted by molar-refractivity contribution is -0.120. The Morgan fingerprint density at radius 1 is 1.33 bits per heavy atom. The number of hydrogen-bond acceptors (Lipinski definition) is 4. The topological polar surface area (TPSA) is 79.7 Å². The molecule has 3 aliphatic heterocycles. The van der Waals surface area contributed by atoms with Gasteiger partial charge in [-0.05, 0) is 25.1 Å². The van der Waals surface area contributed by atoms with E-state index in [1.165, 1.54) is 18.2 Å². The number of carbonyl (C=O) groups excluding carboxylic acids is 2. The summed E-state index contributed by atoms with van der Waals surface area (Å²) in [5.41, 5.74) is 2.00. The Hall–Kier alpha value is -2.65. The van der Waals surface area contributed by atoms with Crippen molar-refractivity contribution < 1.29 is 18.7 Å². The van der Waals surface area contributed by atoms with Gasteiger partial charge in [0.2, 0.25) is 5.91 Å². The van der Waals surface area contributed by atoms with Crippen LogP contribution in [0.4, 0.5) is 20.6 Å². The lowest BCUT2D eigenvalue weighted by Gasteiger charge is -2.35. The summed E-state index contributed by atoms with van der Waals surface area (Å²) >= 11 is 5.81. The van der Waals surface area contributed by atoms with Gasteiger partial charge in [-0.3, -0.25) is 9.48 Å². The minimum absolute atomic E-state index is 0.0538. The lowest BCUT2D eigenvalue weighted by Crippen LogP contribution is -2.47. The average molecular weight is 434 g/mol. The maximum Gasteiger partial charge on any atom is 0.322 e. The quantitative estimate of drug-likeness (QED) is 0.789. The van der Waals surface area contributed by atoms with E-state index in [-0.39, 0.29) is 34.8 Å². The van der Waals surface area contributed by atoms with Crippen LogP contribution in [0.3, 0.4) is 0 Å². The smallest absolute Gasteiger partial charge is 0.322 e. The van der Waals surface area contributed by atoms with Crippen LogP contribution in [0.2, 0.25) is 5.02 Å². The SMILES string of the molecule is C[C@H]1Cn2ncc(N3CC4COCC4C3=O)c2CN1C(=O)Nc1ccc(F)c(Cl)c1. The molecule has 4 heterocycles. The summed E-state index contributed by atoms with van der Waals surface area (Å²) in [7, 11) is 0. The summed E-state index contributed by atoms with van der Waals surface area (Å²) in [6.45, 7) is 4.44. The molecule has 3 aliphatic rings. The van der Waals surface area contributed by atoms with Crippen molar-refractivity contribution in [3.8, 4) is 0 Å². The van der Waals surface area contributed by atoms with E-state index in [2.05, 4.69) is 10.4 Å². The van der Waals surface area contributed by atoms with Crippen LogP contribution in [0.15, 0.2) is 24.4 Å². The minimum atomic E-state index is -0.542. The van der Waals surface area contributed by atoms with Gasteiger partial charge >= 0.3 is 6.03 Å². The number of amides is 3. The molecule has 3 atom stereocenters. The molecule has 10 heteroatoms. The fourth-order valence-corrected chi connectivity index (χ4v) is 4.63. The molecule has 0 spiro atoms. The van der Waals surface area contributed by atoms with Gasteiger partial charge in [0.1, 0.15) is 5.82 Å². The van der Waals surface area contributed by atoms with Crippen molar-refractivity contribution in [1.29, 1.82) is 0 Å². The van der Waals surface area contributed by atoms with E-state index < -0.39 is 5.82 Å². The number of nitrogens with one attached hydrogen (secondary N) is 1. The average Bonchev–Trinajstić information content (AvgIpc) is 3.40. The van der Waals surface area contributed by atoms with Crippen LogP contribution in [0.5, 0.6) is 0 Å². The predicted octanol–water partition coefficient (Wildman–Crippen LogP) is 2.72. The molecule has 30 heavy (non-hydrogen) atoms. The highest BCUT2D eigenvalue weighted by Crippen LogP contribution is 2.36. The van der Waals surface area contributed by atoms with Crippen molar-refractivity contribution in [2.24, 2.45) is 11.8 Å². The first kappa shape index (κ1) is 19.3. The first-order chi connectivity index (χ1) is 14.4. The van der Waals surface area contributed by atoms with Gasteiger partial charge in [-0.2, -0.15) is 5.10 Å². The number of nitrogens with zero attached hydrogens (tertiary/aromatic N) is 4. The molecule has 0 saturated carbocycles. The van der Waals surface area contributed by atoms with Crippen molar-refractivity contribution in [1.82, 2.24) is 14.7 Å². The third-order valence-corrected chi connectivity index (χ3v) is 6.43. The maximum atomic E-state index is 13.4. The normalized spacial score (nSPS) is 25.4. The van der Waals surface area contributed by atoms with Gasteiger partial charge in [-0.15, -0.1) is 0 Å². The predicted molar refractivity (Wildman–Crippen MR) is 108 cm³/mol. The Balaban J connectivity index is 1.36. The van der Waals surface area contributed by atoms with Crippen molar-refractivity contribution in [2.75, 3.05) is 30.0 Å². The van der Waals surface area contributed by atoms with Gasteiger partial charge in [-0.25, -0.2) is 9.18 Å². The van der Waals surface area contributed by atoms with Crippen molar-refractivity contribution in [3.05, 3.63) is 40.9 Å². The fourth-order valence-electron chi connectivity index (χ4n) is 4.45. The molecule has 5 rings (SSSR count). The van der Waals surface area contributed by atoms with E-state index in [1.807, 2.05) is 11.6 Å². The Morgan fingerprint density at radius 3 is 2.93 bits per heavy atom. The lowest BCUT2D eigenvalue weighted by atomic mass is 10.0. The summed E-state index contributed by atoms with van der Waals surface area (Å²) in [4.78, 5) is 29.2. The zero-order chi connectivity index (χ0) is 21.0. The van der Waals surface area contributed by atoms with Gasteiger partial charge < -0.3 is 19.9 Å². The molecule has 3 amide bonds. The fraction of sp³-hybridized carbons (Fsp3) is 0.450. The second-order valence-corrected chi connectivity index (χ2v) is 8.45. The second kappa shape index (κ2) is 7.24. The molecule has 2 unspecified atom stereocenters. The molecule has 2 aromatic rings. The summed E-state index contributed by atoms with van der Waals surface area (Å²) in [6, 6.07) is 3.63. The van der Waals surface area contributed by atoms with Crippen molar-refractivity contribution in [2.45, 2.75) is 26.1 Å². The summed E-state index contributed by atoms with van der Waals surface area (Å²) in [5.74, 6) is -0.368. The van der Waals surface area contributed by atoms with Crippen LogP contribution in [0.1, 0.15) is 12.6 Å². The van der Waals surface area contributed by atoms with Crippen LogP contribution in [0.25, 0.3) is 0 Å². The number of aromatic nitrogens is 2. The van der Waals surface area contributed by atoms with Crippen LogP contribution in [-0.4, -0.2) is 52.4 Å².